The summed E-state index contributed by atoms with van der Waals surface area (Å²) in [5.41, 5.74) is 0.400. The molecule has 0 amide bonds. The summed E-state index contributed by atoms with van der Waals surface area (Å²) >= 11 is 3.61. The Morgan fingerprint density at radius 3 is 1.88 bits per heavy atom. The van der Waals surface area contributed by atoms with Crippen molar-refractivity contribution in [2.75, 3.05) is 45.5 Å². The zero-order valence-electron chi connectivity index (χ0n) is 11.5. The van der Waals surface area contributed by atoms with Gasteiger partial charge in [-0.3, -0.25) is 0 Å². The molecule has 0 N–H and O–H groups in total. The van der Waals surface area contributed by atoms with Crippen molar-refractivity contribution in [1.29, 1.82) is 0 Å². The van der Waals surface area contributed by atoms with Crippen LogP contribution in [0.2, 0.25) is 0 Å². The first-order valence-electron chi connectivity index (χ1n) is 6.45. The summed E-state index contributed by atoms with van der Waals surface area (Å²) in [4.78, 5) is 0. The second-order valence-electron chi connectivity index (χ2n) is 4.31. The lowest BCUT2D eigenvalue weighted by Gasteiger charge is -2.29. The number of hydrogen-bond donors (Lipinski definition) is 0. The van der Waals surface area contributed by atoms with Crippen LogP contribution in [0.4, 0.5) is 0 Å². The van der Waals surface area contributed by atoms with E-state index >= 15 is 0 Å². The number of halogens is 1. The van der Waals surface area contributed by atoms with E-state index in [1.165, 1.54) is 12.8 Å². The second kappa shape index (κ2) is 11.5. The fourth-order valence-electron chi connectivity index (χ4n) is 1.61. The van der Waals surface area contributed by atoms with Crippen LogP contribution in [0.15, 0.2) is 0 Å². The molecule has 0 saturated heterocycles. The molecule has 0 aromatic rings. The van der Waals surface area contributed by atoms with Gasteiger partial charge in [0.2, 0.25) is 0 Å². The van der Waals surface area contributed by atoms with E-state index in [-0.39, 0.29) is 0 Å². The fourth-order valence-corrected chi connectivity index (χ4v) is 2.69. The van der Waals surface area contributed by atoms with Gasteiger partial charge in [-0.25, -0.2) is 0 Å². The van der Waals surface area contributed by atoms with Crippen LogP contribution in [0, 0.1) is 5.41 Å². The molecule has 0 rings (SSSR count). The van der Waals surface area contributed by atoms with Crippen LogP contribution in [-0.4, -0.2) is 45.5 Å². The second-order valence-corrected chi connectivity index (χ2v) is 4.87. The van der Waals surface area contributed by atoms with E-state index in [9.17, 15) is 0 Å². The van der Waals surface area contributed by atoms with E-state index in [0.717, 1.165) is 18.4 Å². The highest BCUT2D eigenvalue weighted by molar-refractivity contribution is 9.09. The smallest absolute Gasteiger partial charge is 0.0701 e. The molecule has 0 aliphatic heterocycles. The molecular weight excluding hydrogens is 284 g/mol. The van der Waals surface area contributed by atoms with Crippen molar-refractivity contribution in [3.05, 3.63) is 0 Å². The lowest BCUT2D eigenvalue weighted by atomic mass is 9.82. The molecule has 0 unspecified atom stereocenters. The first kappa shape index (κ1) is 17.4. The Bertz CT molecular complexity index is 152. The van der Waals surface area contributed by atoms with Crippen LogP contribution in [0.3, 0.4) is 0 Å². The molecule has 0 atom stereocenters. The standard InChI is InChI=1S/C13H27BrO3/c1-4-13(5-2,12-14)6-7-16-10-11-17-9-8-15-3/h4-12H2,1-3H3. The maximum atomic E-state index is 5.59. The topological polar surface area (TPSA) is 27.7 Å². The highest BCUT2D eigenvalue weighted by atomic mass is 79.9. The monoisotopic (exact) mass is 310 g/mol. The van der Waals surface area contributed by atoms with E-state index in [4.69, 9.17) is 14.2 Å². The minimum atomic E-state index is 0.400. The summed E-state index contributed by atoms with van der Waals surface area (Å²) in [7, 11) is 1.68. The predicted molar refractivity (Wildman–Crippen MR) is 74.9 cm³/mol. The zero-order valence-corrected chi connectivity index (χ0v) is 13.1. The maximum absolute atomic E-state index is 5.59. The molecule has 0 aliphatic rings. The van der Waals surface area contributed by atoms with Crippen LogP contribution in [0.25, 0.3) is 0 Å². The Balaban J connectivity index is 3.43. The van der Waals surface area contributed by atoms with Gasteiger partial charge in [0.15, 0.2) is 0 Å². The predicted octanol–water partition coefficient (Wildman–Crippen LogP) is 3.26. The summed E-state index contributed by atoms with van der Waals surface area (Å²) < 4.78 is 15.8. The number of ether oxygens (including phenoxy) is 3. The van der Waals surface area contributed by atoms with E-state index in [0.29, 0.717) is 31.8 Å². The van der Waals surface area contributed by atoms with Gasteiger partial charge in [0.05, 0.1) is 26.4 Å². The lowest BCUT2D eigenvalue weighted by Crippen LogP contribution is -2.23. The largest absolute Gasteiger partial charge is 0.382 e. The van der Waals surface area contributed by atoms with Crippen LogP contribution in [0.1, 0.15) is 33.1 Å². The zero-order chi connectivity index (χ0) is 13.0. The highest BCUT2D eigenvalue weighted by Gasteiger charge is 2.24. The molecular formula is C13H27BrO3. The normalized spacial score (nSPS) is 12.0. The van der Waals surface area contributed by atoms with Gasteiger partial charge >= 0.3 is 0 Å². The first-order chi connectivity index (χ1) is 8.24. The molecule has 0 spiro atoms. The summed E-state index contributed by atoms with van der Waals surface area (Å²) in [6.45, 7) is 7.95. The van der Waals surface area contributed by atoms with Gasteiger partial charge in [-0.2, -0.15) is 0 Å². The highest BCUT2D eigenvalue weighted by Crippen LogP contribution is 2.32. The first-order valence-corrected chi connectivity index (χ1v) is 7.57. The average Bonchev–Trinajstić information content (AvgIpc) is 2.38. The van der Waals surface area contributed by atoms with Crippen molar-refractivity contribution >= 4 is 15.9 Å². The minimum absolute atomic E-state index is 0.400. The molecule has 17 heavy (non-hydrogen) atoms. The van der Waals surface area contributed by atoms with Crippen LogP contribution >= 0.6 is 15.9 Å². The van der Waals surface area contributed by atoms with E-state index < -0.39 is 0 Å². The van der Waals surface area contributed by atoms with Gasteiger partial charge in [0.1, 0.15) is 0 Å². The molecule has 0 aromatic carbocycles. The summed E-state index contributed by atoms with van der Waals surface area (Å²) in [6, 6.07) is 0. The van der Waals surface area contributed by atoms with E-state index in [2.05, 4.69) is 29.8 Å². The molecule has 0 radical (unpaired) electrons. The SMILES string of the molecule is CCC(CC)(CBr)CCOCCOCCOC. The third-order valence-electron chi connectivity index (χ3n) is 3.36. The van der Waals surface area contributed by atoms with E-state index in [1.54, 1.807) is 7.11 Å². The molecule has 3 nitrogen and oxygen atoms in total. The van der Waals surface area contributed by atoms with Crippen LogP contribution < -0.4 is 0 Å². The van der Waals surface area contributed by atoms with Crippen molar-refractivity contribution in [3.8, 4) is 0 Å². The molecule has 0 heterocycles. The molecule has 104 valence electrons. The summed E-state index contributed by atoms with van der Waals surface area (Å²) in [5, 5.41) is 1.06. The van der Waals surface area contributed by atoms with Crippen molar-refractivity contribution in [3.63, 3.8) is 0 Å². The third kappa shape index (κ3) is 8.14. The average molecular weight is 311 g/mol. The Hall–Kier alpha value is 0.360. The number of rotatable bonds is 12. The van der Waals surface area contributed by atoms with Gasteiger partial charge < -0.3 is 14.2 Å². The van der Waals surface area contributed by atoms with Crippen molar-refractivity contribution in [2.24, 2.45) is 5.41 Å². The molecule has 0 bridgehead atoms. The van der Waals surface area contributed by atoms with Gasteiger partial charge in [0, 0.05) is 19.0 Å². The Kier molecular flexibility index (Phi) is 11.7. The quantitative estimate of drug-likeness (QED) is 0.409. The fraction of sp³-hybridized carbons (Fsp3) is 1.00. The van der Waals surface area contributed by atoms with Crippen molar-refractivity contribution in [1.82, 2.24) is 0 Å². The Morgan fingerprint density at radius 2 is 1.41 bits per heavy atom. The molecule has 0 saturated carbocycles. The van der Waals surface area contributed by atoms with Gasteiger partial charge in [-0.1, -0.05) is 29.8 Å². The summed E-state index contributed by atoms with van der Waals surface area (Å²) in [6.07, 6.45) is 3.51. The molecule has 0 fully saturated rings. The Morgan fingerprint density at radius 1 is 0.882 bits per heavy atom. The molecule has 0 aromatic heterocycles. The van der Waals surface area contributed by atoms with E-state index in [1.807, 2.05) is 0 Å². The molecule has 4 heteroatoms. The van der Waals surface area contributed by atoms with Crippen LogP contribution in [-0.2, 0) is 14.2 Å². The van der Waals surface area contributed by atoms with Gasteiger partial charge in [-0.05, 0) is 24.7 Å². The Labute approximate surface area is 114 Å². The van der Waals surface area contributed by atoms with Crippen molar-refractivity contribution < 1.29 is 14.2 Å². The minimum Gasteiger partial charge on any atom is -0.382 e. The maximum Gasteiger partial charge on any atom is 0.0701 e. The van der Waals surface area contributed by atoms with Gasteiger partial charge in [0.25, 0.3) is 0 Å². The number of hydrogen-bond acceptors (Lipinski definition) is 3. The lowest BCUT2D eigenvalue weighted by molar-refractivity contribution is 0.0173. The number of methoxy groups -OCH3 is 1. The third-order valence-corrected chi connectivity index (χ3v) is 4.55. The number of alkyl halides is 1. The van der Waals surface area contributed by atoms with Crippen LogP contribution in [0.5, 0.6) is 0 Å². The molecule has 0 aliphatic carbocycles. The van der Waals surface area contributed by atoms with Crippen molar-refractivity contribution in [2.45, 2.75) is 33.1 Å². The van der Waals surface area contributed by atoms with Gasteiger partial charge in [-0.15, -0.1) is 0 Å². The summed E-state index contributed by atoms with van der Waals surface area (Å²) in [5.74, 6) is 0.